The van der Waals surface area contributed by atoms with Crippen molar-refractivity contribution in [2.75, 3.05) is 0 Å². The SMILES string of the molecule is [CH2]c1cc(F)cc(C)c1[N+](=O)[O-]. The predicted octanol–water partition coefficient (Wildman–Crippen LogP) is 2.22. The van der Waals surface area contributed by atoms with Gasteiger partial charge >= 0.3 is 0 Å². The topological polar surface area (TPSA) is 43.1 Å². The van der Waals surface area contributed by atoms with Crippen LogP contribution in [0.25, 0.3) is 0 Å². The summed E-state index contributed by atoms with van der Waals surface area (Å²) in [5, 5.41) is 10.4. The van der Waals surface area contributed by atoms with Crippen LogP contribution >= 0.6 is 0 Å². The first-order chi connectivity index (χ1) is 5.52. The van der Waals surface area contributed by atoms with Gasteiger partial charge in [-0.05, 0) is 26.0 Å². The number of hydrogen-bond donors (Lipinski definition) is 0. The molecule has 0 aromatic heterocycles. The molecule has 63 valence electrons. The van der Waals surface area contributed by atoms with Crippen molar-refractivity contribution in [2.24, 2.45) is 0 Å². The maximum absolute atomic E-state index is 12.6. The van der Waals surface area contributed by atoms with Gasteiger partial charge in [-0.15, -0.1) is 0 Å². The van der Waals surface area contributed by atoms with Crippen LogP contribution < -0.4 is 0 Å². The molecule has 0 aliphatic carbocycles. The second-order valence-electron chi connectivity index (χ2n) is 2.49. The van der Waals surface area contributed by atoms with Gasteiger partial charge in [0, 0.05) is 11.1 Å². The van der Waals surface area contributed by atoms with E-state index in [1.165, 1.54) is 6.92 Å². The lowest BCUT2D eigenvalue weighted by Crippen LogP contribution is -1.95. The molecule has 0 aliphatic heterocycles. The first-order valence-corrected chi connectivity index (χ1v) is 3.29. The van der Waals surface area contributed by atoms with E-state index in [9.17, 15) is 14.5 Å². The molecular formula is C8H7FNO2. The standard InChI is InChI=1S/C8H7FNO2/c1-5-3-7(9)4-6(2)8(5)10(11)12/h3-4H,1H2,2H3. The first-order valence-electron chi connectivity index (χ1n) is 3.29. The molecule has 0 saturated carbocycles. The van der Waals surface area contributed by atoms with E-state index in [-0.39, 0.29) is 11.3 Å². The van der Waals surface area contributed by atoms with Crippen LogP contribution in [0, 0.1) is 29.8 Å². The number of nitrogens with zero attached hydrogens (tertiary/aromatic N) is 1. The molecule has 0 amide bonds. The Labute approximate surface area is 69.0 Å². The predicted molar refractivity (Wildman–Crippen MR) is 42.3 cm³/mol. The lowest BCUT2D eigenvalue weighted by molar-refractivity contribution is -0.385. The Hall–Kier alpha value is -1.45. The number of nitro groups is 1. The van der Waals surface area contributed by atoms with Crippen LogP contribution in [0.2, 0.25) is 0 Å². The summed E-state index contributed by atoms with van der Waals surface area (Å²) in [5.41, 5.74) is 0.291. The normalized spacial score (nSPS) is 9.92. The van der Waals surface area contributed by atoms with Crippen LogP contribution in [-0.4, -0.2) is 4.92 Å². The number of halogens is 1. The van der Waals surface area contributed by atoms with Gasteiger partial charge in [-0.1, -0.05) is 0 Å². The van der Waals surface area contributed by atoms with Gasteiger partial charge in [0.05, 0.1) is 4.92 Å². The molecule has 0 bridgehead atoms. The highest BCUT2D eigenvalue weighted by Crippen LogP contribution is 2.23. The van der Waals surface area contributed by atoms with Crippen LogP contribution in [0.3, 0.4) is 0 Å². The van der Waals surface area contributed by atoms with Gasteiger partial charge in [-0.2, -0.15) is 0 Å². The third kappa shape index (κ3) is 1.42. The molecule has 0 aliphatic rings. The van der Waals surface area contributed by atoms with E-state index >= 15 is 0 Å². The zero-order valence-corrected chi connectivity index (χ0v) is 6.50. The summed E-state index contributed by atoms with van der Waals surface area (Å²) in [6.07, 6.45) is 0. The minimum atomic E-state index is -0.558. The lowest BCUT2D eigenvalue weighted by atomic mass is 10.1. The number of nitro benzene ring substituents is 1. The Balaban J connectivity index is 3.38. The second-order valence-corrected chi connectivity index (χ2v) is 2.49. The van der Waals surface area contributed by atoms with Gasteiger partial charge in [0.15, 0.2) is 0 Å². The van der Waals surface area contributed by atoms with Crippen LogP contribution in [0.15, 0.2) is 12.1 Å². The van der Waals surface area contributed by atoms with E-state index in [0.717, 1.165) is 12.1 Å². The maximum Gasteiger partial charge on any atom is 0.275 e. The van der Waals surface area contributed by atoms with Crippen molar-refractivity contribution in [2.45, 2.75) is 6.92 Å². The number of benzene rings is 1. The monoisotopic (exact) mass is 168 g/mol. The van der Waals surface area contributed by atoms with Gasteiger partial charge in [0.1, 0.15) is 5.82 Å². The van der Waals surface area contributed by atoms with Crippen LogP contribution in [0.4, 0.5) is 10.1 Å². The third-order valence-electron chi connectivity index (χ3n) is 1.53. The molecule has 0 spiro atoms. The highest BCUT2D eigenvalue weighted by Gasteiger charge is 2.14. The van der Waals surface area contributed by atoms with Gasteiger partial charge in [-0.25, -0.2) is 4.39 Å². The summed E-state index contributed by atoms with van der Waals surface area (Å²) < 4.78 is 12.6. The Bertz CT molecular complexity index is 313. The van der Waals surface area contributed by atoms with Gasteiger partial charge in [0.25, 0.3) is 5.69 Å². The molecule has 0 unspecified atom stereocenters. The van der Waals surface area contributed by atoms with Gasteiger partial charge < -0.3 is 0 Å². The molecule has 0 heterocycles. The van der Waals surface area contributed by atoms with E-state index in [4.69, 9.17) is 0 Å². The summed E-state index contributed by atoms with van der Waals surface area (Å²) in [4.78, 5) is 9.84. The molecule has 1 rings (SSSR count). The second kappa shape index (κ2) is 2.89. The Morgan fingerprint density at radius 3 is 2.58 bits per heavy atom. The molecule has 1 aromatic carbocycles. The van der Waals surface area contributed by atoms with Crippen LogP contribution in [0.1, 0.15) is 11.1 Å². The molecular weight excluding hydrogens is 161 g/mol. The summed E-state index contributed by atoms with van der Waals surface area (Å²) >= 11 is 0. The molecule has 3 nitrogen and oxygen atoms in total. The van der Waals surface area contributed by atoms with Crippen molar-refractivity contribution in [3.05, 3.63) is 46.1 Å². The van der Waals surface area contributed by atoms with E-state index in [0.29, 0.717) is 5.56 Å². The van der Waals surface area contributed by atoms with Gasteiger partial charge in [-0.3, -0.25) is 10.1 Å². The Morgan fingerprint density at radius 2 is 2.17 bits per heavy atom. The number of rotatable bonds is 1. The summed E-state index contributed by atoms with van der Waals surface area (Å²) in [6.45, 7) is 4.86. The van der Waals surface area contributed by atoms with Crippen molar-refractivity contribution in [3.63, 3.8) is 0 Å². The van der Waals surface area contributed by atoms with Crippen molar-refractivity contribution in [1.82, 2.24) is 0 Å². The molecule has 0 fully saturated rings. The van der Waals surface area contributed by atoms with E-state index in [1.807, 2.05) is 0 Å². The Kier molecular flexibility index (Phi) is 2.08. The van der Waals surface area contributed by atoms with E-state index < -0.39 is 10.7 Å². The number of aryl methyl sites for hydroxylation is 1. The summed E-state index contributed by atoms with van der Waals surface area (Å²) in [5.74, 6) is -0.497. The average molecular weight is 168 g/mol. The lowest BCUT2D eigenvalue weighted by Gasteiger charge is -1.99. The van der Waals surface area contributed by atoms with Crippen molar-refractivity contribution in [1.29, 1.82) is 0 Å². The largest absolute Gasteiger partial charge is 0.275 e. The van der Waals surface area contributed by atoms with Crippen molar-refractivity contribution >= 4 is 5.69 Å². The third-order valence-corrected chi connectivity index (χ3v) is 1.53. The molecule has 0 saturated heterocycles. The minimum absolute atomic E-state index is 0.109. The molecule has 0 atom stereocenters. The highest BCUT2D eigenvalue weighted by molar-refractivity contribution is 5.48. The van der Waals surface area contributed by atoms with Crippen molar-refractivity contribution in [3.8, 4) is 0 Å². The van der Waals surface area contributed by atoms with Gasteiger partial charge in [0.2, 0.25) is 0 Å². The molecule has 0 N–H and O–H groups in total. The van der Waals surface area contributed by atoms with Crippen molar-refractivity contribution < 1.29 is 9.31 Å². The molecule has 12 heavy (non-hydrogen) atoms. The Morgan fingerprint density at radius 1 is 1.58 bits per heavy atom. The highest BCUT2D eigenvalue weighted by atomic mass is 19.1. The quantitative estimate of drug-likeness (QED) is 0.476. The van der Waals surface area contributed by atoms with Crippen LogP contribution in [0.5, 0.6) is 0 Å². The fraction of sp³-hybridized carbons (Fsp3) is 0.125. The molecule has 4 heteroatoms. The molecule has 1 aromatic rings. The minimum Gasteiger partial charge on any atom is -0.258 e. The fourth-order valence-corrected chi connectivity index (χ4v) is 1.07. The van der Waals surface area contributed by atoms with Crippen LogP contribution in [-0.2, 0) is 0 Å². The maximum atomic E-state index is 12.6. The van der Waals surface area contributed by atoms with E-state index in [2.05, 4.69) is 6.92 Å². The smallest absolute Gasteiger partial charge is 0.258 e. The fourth-order valence-electron chi connectivity index (χ4n) is 1.07. The first kappa shape index (κ1) is 8.64. The molecule has 1 radical (unpaired) electrons. The van der Waals surface area contributed by atoms with E-state index in [1.54, 1.807) is 0 Å². The summed E-state index contributed by atoms with van der Waals surface area (Å²) in [7, 11) is 0. The average Bonchev–Trinajstić information content (AvgIpc) is 1.82. The summed E-state index contributed by atoms with van der Waals surface area (Å²) in [6, 6.07) is 2.16. The number of hydrogen-bond acceptors (Lipinski definition) is 2. The zero-order chi connectivity index (χ0) is 9.30. The zero-order valence-electron chi connectivity index (χ0n) is 6.50.